The van der Waals surface area contributed by atoms with E-state index in [0.29, 0.717) is 5.69 Å². The molecule has 3 rings (SSSR count). The molecule has 1 amide bonds. The normalized spacial score (nSPS) is 11.2. The van der Waals surface area contributed by atoms with Crippen molar-refractivity contribution in [3.63, 3.8) is 0 Å². The summed E-state index contributed by atoms with van der Waals surface area (Å²) in [6.07, 6.45) is 1.64. The fourth-order valence-electron chi connectivity index (χ4n) is 3.13. The van der Waals surface area contributed by atoms with Gasteiger partial charge in [-0.05, 0) is 86.5 Å². The maximum Gasteiger partial charge on any atom is 0.266 e. The number of aromatic nitrogens is 1. The van der Waals surface area contributed by atoms with Crippen molar-refractivity contribution < 1.29 is 4.79 Å². The minimum Gasteiger partial charge on any atom is -0.321 e. The van der Waals surface area contributed by atoms with Crippen LogP contribution < -0.4 is 5.32 Å². The summed E-state index contributed by atoms with van der Waals surface area (Å²) in [5, 5.41) is 12.3. The highest BCUT2D eigenvalue weighted by atomic mass is 79.9. The smallest absolute Gasteiger partial charge is 0.266 e. The highest BCUT2D eigenvalue weighted by molar-refractivity contribution is 9.10. The van der Waals surface area contributed by atoms with Gasteiger partial charge in [0.15, 0.2) is 0 Å². The standard InChI is InChI=1S/C23H19Br2N3O/c1-14-10-21(8-9-22(14)25)28-15(2)11-17(16(28)3)12-18(13-26)23(29)27-20-6-4-19(24)5-7-20/h4-12H,1-3H3,(H,27,29)/b18-12-. The van der Waals surface area contributed by atoms with E-state index in [2.05, 4.69) is 47.8 Å². The number of nitriles is 1. The first-order valence-electron chi connectivity index (χ1n) is 8.94. The molecule has 2 aromatic carbocycles. The largest absolute Gasteiger partial charge is 0.321 e. The number of benzene rings is 2. The van der Waals surface area contributed by atoms with Gasteiger partial charge in [0, 0.05) is 31.7 Å². The lowest BCUT2D eigenvalue weighted by Gasteiger charge is -2.11. The predicted octanol–water partition coefficient (Wildman–Crippen LogP) is 6.47. The van der Waals surface area contributed by atoms with Gasteiger partial charge in [-0.2, -0.15) is 5.26 Å². The van der Waals surface area contributed by atoms with Crippen LogP contribution >= 0.6 is 31.9 Å². The van der Waals surface area contributed by atoms with E-state index in [4.69, 9.17) is 0 Å². The fraction of sp³-hybridized carbons (Fsp3) is 0.130. The molecule has 3 aromatic rings. The molecule has 0 fully saturated rings. The zero-order chi connectivity index (χ0) is 21.1. The number of hydrogen-bond acceptors (Lipinski definition) is 2. The molecule has 0 spiro atoms. The number of carbonyl (C=O) groups is 1. The van der Waals surface area contributed by atoms with E-state index in [-0.39, 0.29) is 5.57 Å². The van der Waals surface area contributed by atoms with Gasteiger partial charge in [-0.3, -0.25) is 4.79 Å². The number of halogens is 2. The summed E-state index contributed by atoms with van der Waals surface area (Å²) in [7, 11) is 0. The lowest BCUT2D eigenvalue weighted by atomic mass is 10.1. The molecule has 0 unspecified atom stereocenters. The SMILES string of the molecule is Cc1cc(-n2c(C)cc(/C=C(/C#N)C(=O)Nc3ccc(Br)cc3)c2C)ccc1Br. The Morgan fingerprint density at radius 2 is 1.76 bits per heavy atom. The molecule has 146 valence electrons. The van der Waals surface area contributed by atoms with Crippen molar-refractivity contribution in [3.05, 3.63) is 85.6 Å². The molecule has 1 heterocycles. The summed E-state index contributed by atoms with van der Waals surface area (Å²) < 4.78 is 4.09. The molecule has 0 bridgehead atoms. The average Bonchev–Trinajstić information content (AvgIpc) is 2.97. The van der Waals surface area contributed by atoms with E-state index < -0.39 is 5.91 Å². The summed E-state index contributed by atoms with van der Waals surface area (Å²) in [5.41, 5.74) is 5.70. The van der Waals surface area contributed by atoms with Gasteiger partial charge < -0.3 is 9.88 Å². The van der Waals surface area contributed by atoms with Gasteiger partial charge >= 0.3 is 0 Å². The van der Waals surface area contributed by atoms with E-state index in [1.807, 2.05) is 57.2 Å². The Hall–Kier alpha value is -2.62. The molecular formula is C23H19Br2N3O. The van der Waals surface area contributed by atoms with Gasteiger partial charge in [0.05, 0.1) is 0 Å². The number of aryl methyl sites for hydroxylation is 2. The van der Waals surface area contributed by atoms with E-state index >= 15 is 0 Å². The summed E-state index contributed by atoms with van der Waals surface area (Å²) in [5.74, 6) is -0.431. The minimum atomic E-state index is -0.431. The van der Waals surface area contributed by atoms with Crippen LogP contribution in [-0.4, -0.2) is 10.5 Å². The number of nitrogens with zero attached hydrogens (tertiary/aromatic N) is 2. The zero-order valence-electron chi connectivity index (χ0n) is 16.3. The first-order chi connectivity index (χ1) is 13.8. The van der Waals surface area contributed by atoms with Crippen LogP contribution in [0, 0.1) is 32.1 Å². The summed E-state index contributed by atoms with van der Waals surface area (Å²) in [6, 6.07) is 17.4. The average molecular weight is 513 g/mol. The Morgan fingerprint density at radius 3 is 2.38 bits per heavy atom. The number of anilines is 1. The molecular weight excluding hydrogens is 494 g/mol. The van der Waals surface area contributed by atoms with Crippen molar-refractivity contribution in [2.45, 2.75) is 20.8 Å². The van der Waals surface area contributed by atoms with Crippen LogP contribution in [0.2, 0.25) is 0 Å². The Balaban J connectivity index is 1.94. The Kier molecular flexibility index (Phi) is 6.41. The Morgan fingerprint density at radius 1 is 1.07 bits per heavy atom. The topological polar surface area (TPSA) is 57.8 Å². The van der Waals surface area contributed by atoms with Crippen molar-refractivity contribution in [2.75, 3.05) is 5.32 Å². The molecule has 1 aromatic heterocycles. The van der Waals surface area contributed by atoms with Crippen LogP contribution in [0.5, 0.6) is 0 Å². The molecule has 4 nitrogen and oxygen atoms in total. The molecule has 0 atom stereocenters. The van der Waals surface area contributed by atoms with Crippen LogP contribution in [0.4, 0.5) is 5.69 Å². The van der Waals surface area contributed by atoms with Crippen LogP contribution in [0.1, 0.15) is 22.5 Å². The van der Waals surface area contributed by atoms with Crippen LogP contribution in [0.3, 0.4) is 0 Å². The molecule has 0 aliphatic rings. The van der Waals surface area contributed by atoms with Crippen molar-refractivity contribution in [2.24, 2.45) is 0 Å². The second kappa shape index (κ2) is 8.81. The number of hydrogen-bond donors (Lipinski definition) is 1. The third kappa shape index (κ3) is 4.69. The molecule has 0 saturated carbocycles. The Labute approximate surface area is 187 Å². The molecule has 0 radical (unpaired) electrons. The number of rotatable bonds is 4. The maximum absolute atomic E-state index is 12.6. The molecule has 6 heteroatoms. The van der Waals surface area contributed by atoms with Gasteiger partial charge in [-0.25, -0.2) is 0 Å². The Bertz CT molecular complexity index is 1150. The summed E-state index contributed by atoms with van der Waals surface area (Å²) in [6.45, 7) is 6.04. The first kappa shape index (κ1) is 21.1. The van der Waals surface area contributed by atoms with Crippen molar-refractivity contribution in [1.82, 2.24) is 4.57 Å². The minimum absolute atomic E-state index is 0.0557. The summed E-state index contributed by atoms with van der Waals surface area (Å²) in [4.78, 5) is 12.6. The molecule has 0 aliphatic carbocycles. The van der Waals surface area contributed by atoms with E-state index in [0.717, 1.165) is 37.1 Å². The van der Waals surface area contributed by atoms with Gasteiger partial charge in [0.1, 0.15) is 11.6 Å². The van der Waals surface area contributed by atoms with Gasteiger partial charge in [0.2, 0.25) is 0 Å². The monoisotopic (exact) mass is 511 g/mol. The molecule has 1 N–H and O–H groups in total. The second-order valence-corrected chi connectivity index (χ2v) is 8.50. The predicted molar refractivity (Wildman–Crippen MR) is 124 cm³/mol. The fourth-order valence-corrected chi connectivity index (χ4v) is 3.65. The van der Waals surface area contributed by atoms with E-state index in [1.165, 1.54) is 0 Å². The summed E-state index contributed by atoms with van der Waals surface area (Å²) >= 11 is 6.89. The van der Waals surface area contributed by atoms with Crippen molar-refractivity contribution in [3.8, 4) is 11.8 Å². The van der Waals surface area contributed by atoms with Crippen LogP contribution in [0.15, 0.2) is 63.0 Å². The molecule has 29 heavy (non-hydrogen) atoms. The number of amides is 1. The lowest BCUT2D eigenvalue weighted by molar-refractivity contribution is -0.112. The maximum atomic E-state index is 12.6. The van der Waals surface area contributed by atoms with Crippen LogP contribution in [-0.2, 0) is 4.79 Å². The number of nitrogens with one attached hydrogen (secondary N) is 1. The lowest BCUT2D eigenvalue weighted by Crippen LogP contribution is -2.13. The highest BCUT2D eigenvalue weighted by Crippen LogP contribution is 2.26. The van der Waals surface area contributed by atoms with Crippen molar-refractivity contribution >= 4 is 49.5 Å². The van der Waals surface area contributed by atoms with Crippen molar-refractivity contribution in [1.29, 1.82) is 5.26 Å². The van der Waals surface area contributed by atoms with E-state index in [9.17, 15) is 10.1 Å². The quantitative estimate of drug-likeness (QED) is 0.321. The van der Waals surface area contributed by atoms with Gasteiger partial charge in [-0.1, -0.05) is 31.9 Å². The number of carbonyl (C=O) groups excluding carboxylic acids is 1. The molecule has 0 aliphatic heterocycles. The van der Waals surface area contributed by atoms with Gasteiger partial charge in [-0.15, -0.1) is 0 Å². The first-order valence-corrected chi connectivity index (χ1v) is 10.5. The third-order valence-electron chi connectivity index (χ3n) is 4.64. The third-order valence-corrected chi connectivity index (χ3v) is 6.06. The molecule has 0 saturated heterocycles. The van der Waals surface area contributed by atoms with E-state index in [1.54, 1.807) is 18.2 Å². The second-order valence-electron chi connectivity index (χ2n) is 6.73. The zero-order valence-corrected chi connectivity index (χ0v) is 19.4. The highest BCUT2D eigenvalue weighted by Gasteiger charge is 2.14. The van der Waals surface area contributed by atoms with Crippen LogP contribution in [0.25, 0.3) is 11.8 Å². The van der Waals surface area contributed by atoms with Gasteiger partial charge in [0.25, 0.3) is 5.91 Å².